The minimum Gasteiger partial charge on any atom is -0.465 e. The van der Waals surface area contributed by atoms with E-state index >= 15 is 0 Å². The van der Waals surface area contributed by atoms with Crippen molar-refractivity contribution in [2.45, 2.75) is 32.6 Å². The summed E-state index contributed by atoms with van der Waals surface area (Å²) < 4.78 is 0. The van der Waals surface area contributed by atoms with Gasteiger partial charge >= 0.3 is 6.09 Å². The van der Waals surface area contributed by atoms with E-state index in [0.29, 0.717) is 6.54 Å². The zero-order valence-electron chi connectivity index (χ0n) is 11.9. The Kier molecular flexibility index (Phi) is 4.99. The topological polar surface area (TPSA) is 40.5 Å². The maximum Gasteiger partial charge on any atom is 0.411 e. The van der Waals surface area contributed by atoms with Crippen molar-refractivity contribution < 1.29 is 9.90 Å². The quantitative estimate of drug-likeness (QED) is 0.759. The number of amides is 1. The summed E-state index contributed by atoms with van der Waals surface area (Å²) in [5, 5.41) is 11.5. The van der Waals surface area contributed by atoms with Gasteiger partial charge in [0.15, 0.2) is 0 Å². The number of rotatable bonds is 6. The van der Waals surface area contributed by atoms with Gasteiger partial charge in [-0.2, -0.15) is 0 Å². The summed E-state index contributed by atoms with van der Waals surface area (Å²) in [5.74, 6) is 0. The van der Waals surface area contributed by atoms with Crippen LogP contribution in [-0.2, 0) is 0 Å². The lowest BCUT2D eigenvalue weighted by Crippen LogP contribution is -2.30. The minimum absolute atomic E-state index is 0.559. The number of anilines is 1. The third-order valence-corrected chi connectivity index (χ3v) is 3.52. The van der Waals surface area contributed by atoms with Crippen LogP contribution >= 0.6 is 0 Å². The average Bonchev–Trinajstić information content (AvgIpc) is 2.47. The number of nitrogens with zero attached hydrogens (tertiary/aromatic N) is 1. The van der Waals surface area contributed by atoms with Gasteiger partial charge in [-0.05, 0) is 17.9 Å². The van der Waals surface area contributed by atoms with E-state index in [1.807, 2.05) is 42.5 Å². The SMILES string of the molecule is CCCCCCN(C(=O)O)c1cccc2ccccc12. The van der Waals surface area contributed by atoms with E-state index < -0.39 is 6.09 Å². The Bertz CT molecular complexity index is 575. The number of fused-ring (bicyclic) bond motifs is 1. The molecule has 1 amide bonds. The third-order valence-electron chi connectivity index (χ3n) is 3.52. The largest absolute Gasteiger partial charge is 0.465 e. The van der Waals surface area contributed by atoms with Gasteiger partial charge in [-0.3, -0.25) is 4.90 Å². The number of benzene rings is 2. The first-order valence-electron chi connectivity index (χ1n) is 7.22. The van der Waals surface area contributed by atoms with Crippen LogP contribution < -0.4 is 4.90 Å². The summed E-state index contributed by atoms with van der Waals surface area (Å²) in [6.45, 7) is 2.71. The molecular weight excluding hydrogens is 250 g/mol. The zero-order chi connectivity index (χ0) is 14.4. The van der Waals surface area contributed by atoms with Crippen LogP contribution in [0.1, 0.15) is 32.6 Å². The Balaban J connectivity index is 2.25. The molecule has 0 unspecified atom stereocenters. The van der Waals surface area contributed by atoms with Crippen molar-refractivity contribution in [2.24, 2.45) is 0 Å². The van der Waals surface area contributed by atoms with Crippen LogP contribution in [0.4, 0.5) is 10.5 Å². The molecule has 2 aromatic carbocycles. The molecule has 2 aromatic rings. The molecule has 3 heteroatoms. The molecule has 0 heterocycles. The van der Waals surface area contributed by atoms with Crippen LogP contribution in [0.25, 0.3) is 10.8 Å². The molecule has 1 N–H and O–H groups in total. The zero-order valence-corrected chi connectivity index (χ0v) is 11.9. The van der Waals surface area contributed by atoms with E-state index in [-0.39, 0.29) is 0 Å². The Hall–Kier alpha value is -2.03. The summed E-state index contributed by atoms with van der Waals surface area (Å²) in [6, 6.07) is 13.7. The van der Waals surface area contributed by atoms with Gasteiger partial charge in [-0.25, -0.2) is 4.79 Å². The fourth-order valence-corrected chi connectivity index (χ4v) is 2.46. The number of unbranched alkanes of at least 4 members (excludes halogenated alkanes) is 3. The minimum atomic E-state index is -0.877. The van der Waals surface area contributed by atoms with Gasteiger partial charge in [0, 0.05) is 11.9 Å². The molecule has 0 aliphatic rings. The van der Waals surface area contributed by atoms with Gasteiger partial charge in [0.2, 0.25) is 0 Å². The summed E-state index contributed by atoms with van der Waals surface area (Å²) >= 11 is 0. The molecule has 20 heavy (non-hydrogen) atoms. The number of hydrogen-bond acceptors (Lipinski definition) is 1. The highest BCUT2D eigenvalue weighted by atomic mass is 16.4. The van der Waals surface area contributed by atoms with Crippen LogP contribution in [-0.4, -0.2) is 17.7 Å². The molecule has 0 radical (unpaired) electrons. The molecule has 0 aromatic heterocycles. The maximum atomic E-state index is 11.5. The van der Waals surface area contributed by atoms with E-state index in [1.165, 1.54) is 4.90 Å². The molecular formula is C17H21NO2. The van der Waals surface area contributed by atoms with Crippen LogP contribution in [0.5, 0.6) is 0 Å². The van der Waals surface area contributed by atoms with E-state index in [1.54, 1.807) is 0 Å². The van der Waals surface area contributed by atoms with Crippen molar-refractivity contribution in [1.82, 2.24) is 0 Å². The molecule has 2 rings (SSSR count). The van der Waals surface area contributed by atoms with Gasteiger partial charge in [0.25, 0.3) is 0 Å². The van der Waals surface area contributed by atoms with Gasteiger partial charge in [-0.1, -0.05) is 62.6 Å². The van der Waals surface area contributed by atoms with Crippen molar-refractivity contribution in [2.75, 3.05) is 11.4 Å². The Morgan fingerprint density at radius 1 is 1.05 bits per heavy atom. The lowest BCUT2D eigenvalue weighted by molar-refractivity contribution is 0.201. The van der Waals surface area contributed by atoms with Gasteiger partial charge in [0.1, 0.15) is 0 Å². The van der Waals surface area contributed by atoms with Crippen LogP contribution in [0.15, 0.2) is 42.5 Å². The molecule has 0 aliphatic heterocycles. The average molecular weight is 271 g/mol. The highest BCUT2D eigenvalue weighted by molar-refractivity contribution is 6.01. The second-order valence-corrected chi connectivity index (χ2v) is 4.99. The van der Waals surface area contributed by atoms with Crippen LogP contribution in [0.2, 0.25) is 0 Å². The monoisotopic (exact) mass is 271 g/mol. The maximum absolute atomic E-state index is 11.5. The fourth-order valence-electron chi connectivity index (χ4n) is 2.46. The second kappa shape index (κ2) is 6.94. The molecule has 0 aliphatic carbocycles. The van der Waals surface area contributed by atoms with E-state index in [9.17, 15) is 9.90 Å². The number of carbonyl (C=O) groups is 1. The highest BCUT2D eigenvalue weighted by Gasteiger charge is 2.15. The van der Waals surface area contributed by atoms with Crippen LogP contribution in [0, 0.1) is 0 Å². The molecule has 0 saturated carbocycles. The van der Waals surface area contributed by atoms with E-state index in [0.717, 1.165) is 42.1 Å². The van der Waals surface area contributed by atoms with Gasteiger partial charge in [-0.15, -0.1) is 0 Å². The van der Waals surface area contributed by atoms with Crippen molar-refractivity contribution in [3.05, 3.63) is 42.5 Å². The smallest absolute Gasteiger partial charge is 0.411 e. The van der Waals surface area contributed by atoms with Gasteiger partial charge in [0.05, 0.1) is 5.69 Å². The summed E-state index contributed by atoms with van der Waals surface area (Å²) in [7, 11) is 0. The van der Waals surface area contributed by atoms with Crippen molar-refractivity contribution >= 4 is 22.6 Å². The second-order valence-electron chi connectivity index (χ2n) is 4.99. The predicted molar refractivity (Wildman–Crippen MR) is 83.5 cm³/mol. The highest BCUT2D eigenvalue weighted by Crippen LogP contribution is 2.27. The molecule has 3 nitrogen and oxygen atoms in total. The third kappa shape index (κ3) is 3.29. The van der Waals surface area contributed by atoms with Crippen molar-refractivity contribution in [1.29, 1.82) is 0 Å². The lowest BCUT2D eigenvalue weighted by atomic mass is 10.1. The van der Waals surface area contributed by atoms with Gasteiger partial charge < -0.3 is 5.11 Å². The Morgan fingerprint density at radius 2 is 1.80 bits per heavy atom. The summed E-state index contributed by atoms with van der Waals surface area (Å²) in [5.41, 5.74) is 0.784. The molecule has 0 atom stereocenters. The summed E-state index contributed by atoms with van der Waals surface area (Å²) in [4.78, 5) is 13.0. The Morgan fingerprint density at radius 3 is 2.55 bits per heavy atom. The van der Waals surface area contributed by atoms with Crippen LogP contribution in [0.3, 0.4) is 0 Å². The Labute approximate surface area is 119 Å². The first-order chi connectivity index (χ1) is 9.74. The molecule has 0 saturated heterocycles. The first-order valence-corrected chi connectivity index (χ1v) is 7.22. The number of hydrogen-bond donors (Lipinski definition) is 1. The molecule has 0 bridgehead atoms. The lowest BCUT2D eigenvalue weighted by Gasteiger charge is -2.21. The standard InChI is InChI=1S/C17H21NO2/c1-2-3-4-7-13-18(17(19)20)16-12-8-10-14-9-5-6-11-15(14)16/h5-6,8-12H,2-4,7,13H2,1H3,(H,19,20). The number of carboxylic acid groups (broad SMARTS) is 1. The predicted octanol–water partition coefficient (Wildman–Crippen LogP) is 4.90. The molecule has 0 fully saturated rings. The summed E-state index contributed by atoms with van der Waals surface area (Å²) in [6.07, 6.45) is 3.41. The van der Waals surface area contributed by atoms with Crippen molar-refractivity contribution in [3.8, 4) is 0 Å². The fraction of sp³-hybridized carbons (Fsp3) is 0.353. The van der Waals surface area contributed by atoms with E-state index in [2.05, 4.69) is 6.92 Å². The van der Waals surface area contributed by atoms with E-state index in [4.69, 9.17) is 0 Å². The molecule has 106 valence electrons. The normalized spacial score (nSPS) is 10.7. The molecule has 0 spiro atoms. The van der Waals surface area contributed by atoms with Crippen molar-refractivity contribution in [3.63, 3.8) is 0 Å². The first kappa shape index (κ1) is 14.4.